The molecular formula is C22H25F4N5O2S2. The summed E-state index contributed by atoms with van der Waals surface area (Å²) in [6.07, 6.45) is 0.481. The summed E-state index contributed by atoms with van der Waals surface area (Å²) >= 11 is 1.09. The van der Waals surface area contributed by atoms with E-state index in [9.17, 15) is 26.6 Å². The van der Waals surface area contributed by atoms with Crippen molar-refractivity contribution in [3.05, 3.63) is 28.3 Å². The molecule has 2 fully saturated rings. The van der Waals surface area contributed by atoms with Crippen LogP contribution in [0.3, 0.4) is 0 Å². The van der Waals surface area contributed by atoms with Gasteiger partial charge in [-0.25, -0.2) is 18.5 Å². The molecule has 2 saturated heterocycles. The van der Waals surface area contributed by atoms with Crippen LogP contribution in [0.15, 0.2) is 12.3 Å². The number of halogens is 4. The van der Waals surface area contributed by atoms with Crippen molar-refractivity contribution in [1.82, 2.24) is 19.2 Å². The fourth-order valence-electron chi connectivity index (χ4n) is 5.38. The third-order valence-corrected chi connectivity index (χ3v) is 9.53. The normalized spacial score (nSPS) is 24.0. The number of aromatic nitrogens is 2. The molecule has 35 heavy (non-hydrogen) atoms. The summed E-state index contributed by atoms with van der Waals surface area (Å²) in [5, 5.41) is 3.12. The third kappa shape index (κ3) is 4.25. The van der Waals surface area contributed by atoms with Gasteiger partial charge in [0.25, 0.3) is 5.91 Å². The molecule has 190 valence electrons. The molecule has 3 aliphatic heterocycles. The zero-order valence-corrected chi connectivity index (χ0v) is 20.7. The molecule has 2 unspecified atom stereocenters. The Morgan fingerprint density at radius 3 is 2.69 bits per heavy atom. The van der Waals surface area contributed by atoms with E-state index in [-0.39, 0.29) is 34.9 Å². The lowest BCUT2D eigenvalue weighted by Gasteiger charge is -2.31. The summed E-state index contributed by atoms with van der Waals surface area (Å²) in [5.41, 5.74) is -1.69. The second-order valence-corrected chi connectivity index (χ2v) is 11.5. The van der Waals surface area contributed by atoms with E-state index in [4.69, 9.17) is 0 Å². The van der Waals surface area contributed by atoms with Crippen LogP contribution >= 0.6 is 11.3 Å². The van der Waals surface area contributed by atoms with Crippen molar-refractivity contribution < 1.29 is 26.6 Å². The van der Waals surface area contributed by atoms with Crippen molar-refractivity contribution in [2.45, 2.75) is 49.9 Å². The number of nitrogens with one attached hydrogen (secondary N) is 1. The molecule has 5 heterocycles. The highest BCUT2D eigenvalue weighted by atomic mass is 32.2. The van der Waals surface area contributed by atoms with Crippen LogP contribution in [0.1, 0.15) is 52.9 Å². The highest BCUT2D eigenvalue weighted by molar-refractivity contribution is 7.81. The van der Waals surface area contributed by atoms with Gasteiger partial charge in [0.2, 0.25) is 5.95 Å². The molecule has 0 bridgehead atoms. The Bertz CT molecular complexity index is 1170. The van der Waals surface area contributed by atoms with Gasteiger partial charge < -0.3 is 10.2 Å². The lowest BCUT2D eigenvalue weighted by atomic mass is 9.92. The van der Waals surface area contributed by atoms with Gasteiger partial charge in [0.1, 0.15) is 5.56 Å². The minimum atomic E-state index is -4.68. The monoisotopic (exact) mass is 531 g/mol. The van der Waals surface area contributed by atoms with Crippen molar-refractivity contribution in [2.75, 3.05) is 37.9 Å². The second-order valence-electron chi connectivity index (χ2n) is 9.11. The molecule has 2 aromatic rings. The maximum Gasteiger partial charge on any atom is 0.420 e. The number of rotatable bonds is 6. The van der Waals surface area contributed by atoms with Crippen LogP contribution in [0.4, 0.5) is 23.5 Å². The first-order valence-electron chi connectivity index (χ1n) is 11.5. The van der Waals surface area contributed by atoms with Gasteiger partial charge in [-0.1, -0.05) is 0 Å². The smallest absolute Gasteiger partial charge is 0.351 e. The van der Waals surface area contributed by atoms with E-state index in [1.54, 1.807) is 11.2 Å². The molecule has 2 aromatic heterocycles. The van der Waals surface area contributed by atoms with Gasteiger partial charge >= 0.3 is 6.18 Å². The van der Waals surface area contributed by atoms with Crippen LogP contribution < -0.4 is 5.32 Å². The molecule has 3 aliphatic rings. The number of piperidine rings is 1. The Morgan fingerprint density at radius 1 is 1.29 bits per heavy atom. The Balaban J connectivity index is 1.49. The highest BCUT2D eigenvalue weighted by Crippen LogP contribution is 2.54. The average molecular weight is 532 g/mol. The lowest BCUT2D eigenvalue weighted by Crippen LogP contribution is -2.39. The topological polar surface area (TPSA) is 78.4 Å². The molecule has 0 spiro atoms. The standard InChI is InChI=1S/C22H25F4N5O2S2/c1-35(33)30-9-3-13(4-10-30)28-20-27-12-15(22(24,25)26)17(29-20)16-11-14-18(34-16)21(6-7-23)5-2-8-31(21)19(14)32/h11-13H,2-10H2,1H3,(H,27,28,29). The maximum atomic E-state index is 13.9. The van der Waals surface area contributed by atoms with Gasteiger partial charge in [0.15, 0.2) is 0 Å². The summed E-state index contributed by atoms with van der Waals surface area (Å²) < 4.78 is 68.6. The first kappa shape index (κ1) is 24.6. The molecule has 1 N–H and O–H groups in total. The molecule has 0 aromatic carbocycles. The number of amides is 1. The predicted molar refractivity (Wildman–Crippen MR) is 125 cm³/mol. The SMILES string of the molecule is CS(=O)N1CCC(Nc2ncc(C(F)(F)F)c(-c3cc4c(s3)C3(CCF)CCCN3C4=O)n2)CC1. The van der Waals surface area contributed by atoms with Gasteiger partial charge in [-0.2, -0.15) is 13.2 Å². The lowest BCUT2D eigenvalue weighted by molar-refractivity contribution is -0.137. The summed E-state index contributed by atoms with van der Waals surface area (Å²) in [6, 6.07) is 1.41. The quantitative estimate of drug-likeness (QED) is 0.566. The van der Waals surface area contributed by atoms with Gasteiger partial charge in [-0.15, -0.1) is 11.3 Å². The largest absolute Gasteiger partial charge is 0.420 e. The molecule has 0 saturated carbocycles. The fraction of sp³-hybridized carbons (Fsp3) is 0.591. The van der Waals surface area contributed by atoms with Gasteiger partial charge in [0, 0.05) is 49.4 Å². The second kappa shape index (κ2) is 9.07. The van der Waals surface area contributed by atoms with Crippen molar-refractivity contribution in [3.8, 4) is 10.6 Å². The number of alkyl halides is 4. The van der Waals surface area contributed by atoms with Crippen LogP contribution in [-0.4, -0.2) is 67.9 Å². The zero-order chi connectivity index (χ0) is 25.0. The number of thiophene rings is 1. The first-order valence-corrected chi connectivity index (χ1v) is 13.8. The van der Waals surface area contributed by atoms with Crippen LogP contribution in [0.5, 0.6) is 0 Å². The number of fused-ring (bicyclic) bond motifs is 3. The zero-order valence-electron chi connectivity index (χ0n) is 19.0. The molecule has 1 amide bonds. The molecule has 0 radical (unpaired) electrons. The van der Waals surface area contributed by atoms with Crippen LogP contribution in [0, 0.1) is 0 Å². The van der Waals surface area contributed by atoms with E-state index < -0.39 is 34.9 Å². The number of anilines is 1. The molecular weight excluding hydrogens is 506 g/mol. The first-order chi connectivity index (χ1) is 16.6. The van der Waals surface area contributed by atoms with E-state index in [1.165, 1.54) is 6.07 Å². The number of carbonyl (C=O) groups excluding carboxylic acids is 1. The Morgan fingerprint density at radius 2 is 2.03 bits per heavy atom. The molecule has 2 atom stereocenters. The summed E-state index contributed by atoms with van der Waals surface area (Å²) in [7, 11) is -1.06. The van der Waals surface area contributed by atoms with Crippen molar-refractivity contribution >= 4 is 34.2 Å². The summed E-state index contributed by atoms with van der Waals surface area (Å²) in [4.78, 5) is 23.7. The third-order valence-electron chi connectivity index (χ3n) is 7.11. The van der Waals surface area contributed by atoms with Crippen molar-refractivity contribution in [1.29, 1.82) is 0 Å². The van der Waals surface area contributed by atoms with Crippen molar-refractivity contribution in [3.63, 3.8) is 0 Å². The predicted octanol–water partition coefficient (Wildman–Crippen LogP) is 4.20. The minimum absolute atomic E-state index is 0.0609. The number of carbonyl (C=O) groups is 1. The van der Waals surface area contributed by atoms with E-state index in [0.29, 0.717) is 49.3 Å². The Hall–Kier alpha value is -2.12. The van der Waals surface area contributed by atoms with Crippen LogP contribution in [-0.2, 0) is 22.7 Å². The number of nitrogens with zero attached hydrogens (tertiary/aromatic N) is 4. The van der Waals surface area contributed by atoms with E-state index in [2.05, 4.69) is 15.3 Å². The van der Waals surface area contributed by atoms with Crippen LogP contribution in [0.2, 0.25) is 0 Å². The summed E-state index contributed by atoms with van der Waals surface area (Å²) in [5.74, 6) is -0.181. The Kier molecular flexibility index (Phi) is 6.37. The maximum absolute atomic E-state index is 13.9. The molecule has 7 nitrogen and oxygen atoms in total. The highest BCUT2D eigenvalue weighted by Gasteiger charge is 2.53. The average Bonchev–Trinajstić information content (AvgIpc) is 3.48. The summed E-state index contributed by atoms with van der Waals surface area (Å²) in [6.45, 7) is 1.11. The molecule has 5 rings (SSSR count). The van der Waals surface area contributed by atoms with Crippen LogP contribution in [0.25, 0.3) is 10.6 Å². The van der Waals surface area contributed by atoms with E-state index in [0.717, 1.165) is 24.0 Å². The number of hydrogen-bond acceptors (Lipinski definition) is 6. The number of hydrogen-bond donors (Lipinski definition) is 1. The fourth-order valence-corrected chi connectivity index (χ4v) is 7.52. The van der Waals surface area contributed by atoms with Crippen molar-refractivity contribution in [2.24, 2.45) is 0 Å². The minimum Gasteiger partial charge on any atom is -0.351 e. The van der Waals surface area contributed by atoms with E-state index in [1.807, 2.05) is 4.31 Å². The van der Waals surface area contributed by atoms with Gasteiger partial charge in [-0.3, -0.25) is 9.18 Å². The van der Waals surface area contributed by atoms with E-state index >= 15 is 0 Å². The molecule has 0 aliphatic carbocycles. The Labute approximate surface area is 206 Å². The molecule has 13 heteroatoms. The van der Waals surface area contributed by atoms with Gasteiger partial charge in [-0.05, 0) is 31.7 Å². The van der Waals surface area contributed by atoms with Gasteiger partial charge in [0.05, 0.1) is 39.3 Å².